The zero-order chi connectivity index (χ0) is 14.5. The van der Waals surface area contributed by atoms with Gasteiger partial charge in [-0.3, -0.25) is 0 Å². The van der Waals surface area contributed by atoms with Gasteiger partial charge in [-0.2, -0.15) is 0 Å². The van der Waals surface area contributed by atoms with E-state index in [2.05, 4.69) is 5.32 Å². The van der Waals surface area contributed by atoms with Crippen LogP contribution in [0, 0.1) is 5.82 Å². The van der Waals surface area contributed by atoms with Crippen LogP contribution in [-0.4, -0.2) is 18.0 Å². The lowest BCUT2D eigenvalue weighted by atomic mass is 10.0. The van der Waals surface area contributed by atoms with E-state index in [4.69, 9.17) is 4.74 Å². The Balaban J connectivity index is 2.82. The quantitative estimate of drug-likeness (QED) is 0.853. The number of rotatable bonds is 4. The molecule has 0 heterocycles. The Labute approximate surface area is 112 Å². The zero-order valence-electron chi connectivity index (χ0n) is 11.3. The lowest BCUT2D eigenvalue weighted by Crippen LogP contribution is -2.35. The molecule has 0 aliphatic carbocycles. The summed E-state index contributed by atoms with van der Waals surface area (Å²) in [6, 6.07) is 5.27. The Kier molecular flexibility index (Phi) is 5.03. The molecule has 5 heteroatoms. The number of alkyl carbamates (subject to hydrolysis) is 1. The maximum absolute atomic E-state index is 13.6. The Bertz CT molecular complexity index is 454. The molecular weight excluding hydrogens is 249 g/mol. The van der Waals surface area contributed by atoms with Crippen LogP contribution in [-0.2, 0) is 9.53 Å². The highest BCUT2D eigenvalue weighted by Gasteiger charge is 2.21. The molecule has 4 nitrogen and oxygen atoms in total. The monoisotopic (exact) mass is 267 g/mol. The summed E-state index contributed by atoms with van der Waals surface area (Å²) in [5.74, 6) is -0.467. The lowest BCUT2D eigenvalue weighted by Gasteiger charge is -2.23. The highest BCUT2D eigenvalue weighted by molar-refractivity contribution is 5.69. The third-order valence-corrected chi connectivity index (χ3v) is 2.30. The summed E-state index contributed by atoms with van der Waals surface area (Å²) in [4.78, 5) is 22.3. The van der Waals surface area contributed by atoms with E-state index < -0.39 is 23.6 Å². The Morgan fingerprint density at radius 2 is 2.05 bits per heavy atom. The van der Waals surface area contributed by atoms with Gasteiger partial charge in [-0.1, -0.05) is 18.2 Å². The predicted octanol–water partition coefficient (Wildman–Crippen LogP) is 2.98. The van der Waals surface area contributed by atoms with E-state index in [0.29, 0.717) is 6.29 Å². The summed E-state index contributed by atoms with van der Waals surface area (Å²) in [7, 11) is 0. The summed E-state index contributed by atoms with van der Waals surface area (Å²) in [6.07, 6.45) is -0.0585. The maximum Gasteiger partial charge on any atom is 0.408 e. The normalized spacial score (nSPS) is 12.6. The number of nitrogens with one attached hydrogen (secondary N) is 1. The Morgan fingerprint density at radius 1 is 1.42 bits per heavy atom. The molecule has 19 heavy (non-hydrogen) atoms. The Hall–Kier alpha value is -1.91. The van der Waals surface area contributed by atoms with Crippen molar-refractivity contribution in [2.75, 3.05) is 0 Å². The predicted molar refractivity (Wildman–Crippen MR) is 69.2 cm³/mol. The van der Waals surface area contributed by atoms with Crippen molar-refractivity contribution in [3.63, 3.8) is 0 Å². The maximum atomic E-state index is 13.6. The number of halogens is 1. The number of benzene rings is 1. The molecule has 0 spiro atoms. The summed E-state index contributed by atoms with van der Waals surface area (Å²) in [5, 5.41) is 2.50. The molecule has 1 rings (SSSR count). The summed E-state index contributed by atoms with van der Waals surface area (Å²) >= 11 is 0. The molecule has 0 aliphatic rings. The molecule has 0 bridgehead atoms. The second-order valence-corrected chi connectivity index (χ2v) is 5.12. The lowest BCUT2D eigenvalue weighted by molar-refractivity contribution is -0.108. The molecule has 1 aromatic rings. The highest BCUT2D eigenvalue weighted by Crippen LogP contribution is 2.20. The number of carbonyl (C=O) groups excluding carboxylic acids is 2. The van der Waals surface area contributed by atoms with Gasteiger partial charge in [-0.15, -0.1) is 0 Å². The van der Waals surface area contributed by atoms with Crippen molar-refractivity contribution in [2.24, 2.45) is 0 Å². The molecule has 0 aromatic heterocycles. The van der Waals surface area contributed by atoms with Gasteiger partial charge in [-0.05, 0) is 26.8 Å². The second kappa shape index (κ2) is 6.31. The molecule has 1 amide bonds. The average molecular weight is 267 g/mol. The number of carbonyl (C=O) groups is 2. The molecular formula is C14H18FNO3. The number of aldehydes is 1. The van der Waals surface area contributed by atoms with Gasteiger partial charge in [0.15, 0.2) is 0 Å². The third kappa shape index (κ3) is 5.07. The van der Waals surface area contributed by atoms with E-state index in [9.17, 15) is 14.0 Å². The molecule has 0 saturated heterocycles. The average Bonchev–Trinajstić information content (AvgIpc) is 2.26. The molecule has 0 aliphatic heterocycles. The van der Waals surface area contributed by atoms with E-state index in [-0.39, 0.29) is 12.0 Å². The fourth-order valence-corrected chi connectivity index (χ4v) is 1.57. The van der Waals surface area contributed by atoms with Crippen molar-refractivity contribution in [3.05, 3.63) is 35.6 Å². The number of hydrogen-bond acceptors (Lipinski definition) is 3. The number of ether oxygens (including phenoxy) is 1. The first-order valence-corrected chi connectivity index (χ1v) is 6.01. The van der Waals surface area contributed by atoms with Crippen molar-refractivity contribution in [1.29, 1.82) is 0 Å². The summed E-state index contributed by atoms with van der Waals surface area (Å²) < 4.78 is 18.7. The van der Waals surface area contributed by atoms with Crippen LogP contribution in [0.25, 0.3) is 0 Å². The van der Waals surface area contributed by atoms with Crippen LogP contribution in [0.4, 0.5) is 9.18 Å². The second-order valence-electron chi connectivity index (χ2n) is 5.12. The molecule has 104 valence electrons. The van der Waals surface area contributed by atoms with E-state index in [1.165, 1.54) is 12.1 Å². The summed E-state index contributed by atoms with van der Waals surface area (Å²) in [5.41, 5.74) is -0.383. The van der Waals surface area contributed by atoms with Crippen LogP contribution in [0.5, 0.6) is 0 Å². The zero-order valence-corrected chi connectivity index (χ0v) is 11.3. The van der Waals surface area contributed by atoms with Crippen LogP contribution in [0.1, 0.15) is 38.8 Å². The van der Waals surface area contributed by atoms with Crippen LogP contribution in [0.15, 0.2) is 24.3 Å². The van der Waals surface area contributed by atoms with E-state index in [1.54, 1.807) is 32.9 Å². The van der Waals surface area contributed by atoms with Gasteiger partial charge in [-0.25, -0.2) is 9.18 Å². The smallest absolute Gasteiger partial charge is 0.408 e. The highest BCUT2D eigenvalue weighted by atomic mass is 19.1. The third-order valence-electron chi connectivity index (χ3n) is 2.30. The molecule has 1 N–H and O–H groups in total. The Morgan fingerprint density at radius 3 is 2.58 bits per heavy atom. The van der Waals surface area contributed by atoms with Crippen LogP contribution in [0.2, 0.25) is 0 Å². The van der Waals surface area contributed by atoms with Gasteiger partial charge < -0.3 is 14.8 Å². The minimum absolute atomic E-state index is 0.0137. The van der Waals surface area contributed by atoms with Crippen molar-refractivity contribution in [2.45, 2.75) is 38.8 Å². The van der Waals surface area contributed by atoms with Crippen molar-refractivity contribution in [1.82, 2.24) is 5.32 Å². The standard InChI is InChI=1S/C14H18FNO3/c1-14(2,3)19-13(18)16-12(8-9-17)10-6-4-5-7-11(10)15/h4-7,9,12H,8H2,1-3H3,(H,16,18)/t12-/m1/s1. The molecule has 0 saturated carbocycles. The topological polar surface area (TPSA) is 55.4 Å². The van der Waals surface area contributed by atoms with Crippen LogP contribution >= 0.6 is 0 Å². The van der Waals surface area contributed by atoms with E-state index in [1.807, 2.05) is 0 Å². The minimum atomic E-state index is -0.728. The van der Waals surface area contributed by atoms with Gasteiger partial charge in [0.05, 0.1) is 6.04 Å². The van der Waals surface area contributed by atoms with Crippen LogP contribution < -0.4 is 5.32 Å². The SMILES string of the molecule is CC(C)(C)OC(=O)N[C@H](CC=O)c1ccccc1F. The van der Waals surface area contributed by atoms with E-state index in [0.717, 1.165) is 0 Å². The molecule has 0 unspecified atom stereocenters. The molecule has 0 radical (unpaired) electrons. The van der Waals surface area contributed by atoms with Gasteiger partial charge in [0.25, 0.3) is 0 Å². The molecule has 1 aromatic carbocycles. The number of hydrogen-bond donors (Lipinski definition) is 1. The van der Waals surface area contributed by atoms with Gasteiger partial charge in [0, 0.05) is 12.0 Å². The van der Waals surface area contributed by atoms with Crippen molar-refractivity contribution >= 4 is 12.4 Å². The minimum Gasteiger partial charge on any atom is -0.444 e. The van der Waals surface area contributed by atoms with Gasteiger partial charge >= 0.3 is 6.09 Å². The first-order valence-electron chi connectivity index (χ1n) is 6.01. The largest absolute Gasteiger partial charge is 0.444 e. The number of amides is 1. The van der Waals surface area contributed by atoms with Crippen molar-refractivity contribution in [3.8, 4) is 0 Å². The van der Waals surface area contributed by atoms with Crippen molar-refractivity contribution < 1.29 is 18.7 Å². The summed E-state index contributed by atoms with van der Waals surface area (Å²) in [6.45, 7) is 5.18. The molecule has 1 atom stereocenters. The fraction of sp³-hybridized carbons (Fsp3) is 0.429. The first kappa shape index (κ1) is 15.1. The molecule has 0 fully saturated rings. The van der Waals surface area contributed by atoms with Crippen LogP contribution in [0.3, 0.4) is 0 Å². The first-order chi connectivity index (χ1) is 8.83. The van der Waals surface area contributed by atoms with Gasteiger partial charge in [0.1, 0.15) is 17.7 Å². The fourth-order valence-electron chi connectivity index (χ4n) is 1.57. The van der Waals surface area contributed by atoms with E-state index >= 15 is 0 Å². The van der Waals surface area contributed by atoms with Gasteiger partial charge in [0.2, 0.25) is 0 Å².